The Bertz CT molecular complexity index is 318. The number of halogens is 1. The lowest BCUT2D eigenvalue weighted by atomic mass is 9.93. The summed E-state index contributed by atoms with van der Waals surface area (Å²) in [5.41, 5.74) is 1.13. The van der Waals surface area contributed by atoms with Gasteiger partial charge in [0.15, 0.2) is 0 Å². The van der Waals surface area contributed by atoms with Crippen LogP contribution in [0, 0.1) is 11.7 Å². The van der Waals surface area contributed by atoms with Gasteiger partial charge in [-0.05, 0) is 43.0 Å². The maximum absolute atomic E-state index is 12.9. The summed E-state index contributed by atoms with van der Waals surface area (Å²) in [4.78, 5) is 2.44. The monoisotopic (exact) mass is 207 g/mol. The highest BCUT2D eigenvalue weighted by molar-refractivity contribution is 5.16. The summed E-state index contributed by atoms with van der Waals surface area (Å²) in [6.07, 6.45) is 2.21. The summed E-state index contributed by atoms with van der Waals surface area (Å²) in [5.74, 6) is 0.713. The van der Waals surface area contributed by atoms with Crippen molar-refractivity contribution in [3.8, 4) is 0 Å². The van der Waals surface area contributed by atoms with Crippen molar-refractivity contribution in [2.75, 3.05) is 19.6 Å². The Labute approximate surface area is 90.9 Å². The number of hydrogen-bond donors (Lipinski definition) is 0. The third kappa shape index (κ3) is 2.78. The average molecular weight is 207 g/mol. The zero-order chi connectivity index (χ0) is 10.7. The number of aryl methyl sites for hydroxylation is 1. The Balaban J connectivity index is 1.75. The Morgan fingerprint density at radius 1 is 1.40 bits per heavy atom. The molecule has 0 aromatic heterocycles. The van der Waals surface area contributed by atoms with E-state index < -0.39 is 0 Å². The molecule has 0 spiro atoms. The maximum Gasteiger partial charge on any atom is 0.123 e. The first-order valence-corrected chi connectivity index (χ1v) is 5.74. The van der Waals surface area contributed by atoms with Crippen molar-refractivity contribution in [3.63, 3.8) is 0 Å². The molecule has 0 radical (unpaired) electrons. The van der Waals surface area contributed by atoms with Crippen LogP contribution in [0.25, 0.3) is 0 Å². The van der Waals surface area contributed by atoms with Crippen LogP contribution in [0.3, 0.4) is 0 Å². The number of nitrogens with zero attached hydrogens (tertiary/aromatic N) is 1. The number of rotatable bonds is 4. The lowest BCUT2D eigenvalue weighted by molar-refractivity contribution is 0.101. The van der Waals surface area contributed by atoms with Crippen LogP contribution >= 0.6 is 0 Å². The Morgan fingerprint density at radius 3 is 2.87 bits per heavy atom. The molecule has 0 unspecified atom stereocenters. The largest absolute Gasteiger partial charge is 0.303 e. The van der Waals surface area contributed by atoms with E-state index in [1.165, 1.54) is 25.6 Å². The standard InChI is InChI=1S/C13H18FN/c1-2-15-9-12(10-15)7-6-11-4-3-5-13(14)8-11/h3-5,8,12H,2,6-7,9-10H2,1H3. The van der Waals surface area contributed by atoms with E-state index in [1.54, 1.807) is 12.1 Å². The summed E-state index contributed by atoms with van der Waals surface area (Å²) in [7, 11) is 0. The lowest BCUT2D eigenvalue weighted by Gasteiger charge is -2.38. The van der Waals surface area contributed by atoms with Gasteiger partial charge >= 0.3 is 0 Å². The van der Waals surface area contributed by atoms with E-state index in [-0.39, 0.29) is 5.82 Å². The zero-order valence-electron chi connectivity index (χ0n) is 9.25. The molecule has 0 saturated carbocycles. The molecule has 1 saturated heterocycles. The van der Waals surface area contributed by atoms with Crippen LogP contribution in [0.5, 0.6) is 0 Å². The number of benzene rings is 1. The zero-order valence-corrected chi connectivity index (χ0v) is 9.25. The van der Waals surface area contributed by atoms with Crippen molar-refractivity contribution in [1.82, 2.24) is 4.90 Å². The van der Waals surface area contributed by atoms with Crippen LogP contribution < -0.4 is 0 Å². The van der Waals surface area contributed by atoms with Gasteiger partial charge in [0.2, 0.25) is 0 Å². The van der Waals surface area contributed by atoms with Crippen molar-refractivity contribution in [2.24, 2.45) is 5.92 Å². The van der Waals surface area contributed by atoms with Crippen LogP contribution in [0.2, 0.25) is 0 Å². The van der Waals surface area contributed by atoms with E-state index in [9.17, 15) is 4.39 Å². The predicted octanol–water partition coefficient (Wildman–Crippen LogP) is 2.71. The molecule has 0 atom stereocenters. The molecular weight excluding hydrogens is 189 g/mol. The summed E-state index contributed by atoms with van der Waals surface area (Å²) < 4.78 is 12.9. The molecule has 1 aromatic carbocycles. The van der Waals surface area contributed by atoms with Crippen LogP contribution in [0.4, 0.5) is 4.39 Å². The van der Waals surface area contributed by atoms with E-state index in [1.807, 2.05) is 6.07 Å². The van der Waals surface area contributed by atoms with E-state index in [0.717, 1.165) is 24.4 Å². The van der Waals surface area contributed by atoms with E-state index >= 15 is 0 Å². The van der Waals surface area contributed by atoms with E-state index in [2.05, 4.69) is 11.8 Å². The smallest absolute Gasteiger partial charge is 0.123 e. The van der Waals surface area contributed by atoms with Crippen LogP contribution in [0.15, 0.2) is 24.3 Å². The topological polar surface area (TPSA) is 3.24 Å². The van der Waals surface area contributed by atoms with Crippen molar-refractivity contribution in [3.05, 3.63) is 35.6 Å². The third-order valence-corrected chi connectivity index (χ3v) is 3.21. The first-order valence-electron chi connectivity index (χ1n) is 5.74. The fourth-order valence-electron chi connectivity index (χ4n) is 2.18. The number of hydrogen-bond acceptors (Lipinski definition) is 1. The van der Waals surface area contributed by atoms with Gasteiger partial charge in [0.25, 0.3) is 0 Å². The summed E-state index contributed by atoms with van der Waals surface area (Å²) in [5, 5.41) is 0. The quantitative estimate of drug-likeness (QED) is 0.733. The van der Waals surface area contributed by atoms with Gasteiger partial charge in [0.05, 0.1) is 0 Å². The highest BCUT2D eigenvalue weighted by Crippen LogP contribution is 2.20. The van der Waals surface area contributed by atoms with Gasteiger partial charge in [0.1, 0.15) is 5.82 Å². The van der Waals surface area contributed by atoms with Crippen molar-refractivity contribution < 1.29 is 4.39 Å². The average Bonchev–Trinajstić information content (AvgIpc) is 2.16. The van der Waals surface area contributed by atoms with Crippen LogP contribution in [0.1, 0.15) is 18.9 Å². The summed E-state index contributed by atoms with van der Waals surface area (Å²) in [6.45, 7) is 5.82. The highest BCUT2D eigenvalue weighted by Gasteiger charge is 2.24. The molecule has 15 heavy (non-hydrogen) atoms. The predicted molar refractivity (Wildman–Crippen MR) is 60.3 cm³/mol. The molecule has 1 nitrogen and oxygen atoms in total. The SMILES string of the molecule is CCN1CC(CCc2cccc(F)c2)C1. The second-order valence-electron chi connectivity index (χ2n) is 4.39. The van der Waals surface area contributed by atoms with Crippen LogP contribution in [-0.4, -0.2) is 24.5 Å². The van der Waals surface area contributed by atoms with Gasteiger partial charge in [0, 0.05) is 13.1 Å². The lowest BCUT2D eigenvalue weighted by Crippen LogP contribution is -2.46. The molecule has 0 bridgehead atoms. The highest BCUT2D eigenvalue weighted by atomic mass is 19.1. The van der Waals surface area contributed by atoms with Gasteiger partial charge in [-0.1, -0.05) is 19.1 Å². The molecule has 0 N–H and O–H groups in total. The van der Waals surface area contributed by atoms with Gasteiger partial charge < -0.3 is 4.90 Å². The molecule has 0 aliphatic carbocycles. The summed E-state index contributed by atoms with van der Waals surface area (Å²) >= 11 is 0. The van der Waals surface area contributed by atoms with Gasteiger partial charge in [-0.3, -0.25) is 0 Å². The molecule has 1 heterocycles. The minimum atomic E-state index is -0.115. The Kier molecular flexibility index (Phi) is 3.37. The normalized spacial score (nSPS) is 17.7. The fourth-order valence-corrected chi connectivity index (χ4v) is 2.18. The molecule has 1 aliphatic heterocycles. The number of likely N-dealkylation sites (tertiary alicyclic amines) is 1. The van der Waals surface area contributed by atoms with E-state index in [4.69, 9.17) is 0 Å². The minimum absolute atomic E-state index is 0.115. The van der Waals surface area contributed by atoms with Gasteiger partial charge in [-0.25, -0.2) is 4.39 Å². The molecule has 82 valence electrons. The molecule has 1 aliphatic rings. The maximum atomic E-state index is 12.9. The molecule has 0 amide bonds. The molecule has 2 rings (SSSR count). The molecule has 1 aromatic rings. The fraction of sp³-hybridized carbons (Fsp3) is 0.538. The first kappa shape index (κ1) is 10.6. The first-order chi connectivity index (χ1) is 7.28. The van der Waals surface area contributed by atoms with Gasteiger partial charge in [-0.15, -0.1) is 0 Å². The Morgan fingerprint density at radius 2 is 2.20 bits per heavy atom. The second kappa shape index (κ2) is 4.75. The van der Waals surface area contributed by atoms with Crippen molar-refractivity contribution in [1.29, 1.82) is 0 Å². The molecule has 1 fully saturated rings. The van der Waals surface area contributed by atoms with E-state index in [0.29, 0.717) is 0 Å². The minimum Gasteiger partial charge on any atom is -0.303 e. The van der Waals surface area contributed by atoms with Crippen LogP contribution in [-0.2, 0) is 6.42 Å². The third-order valence-electron chi connectivity index (χ3n) is 3.21. The summed E-state index contributed by atoms with van der Waals surface area (Å²) in [6, 6.07) is 6.96. The molecule has 2 heteroatoms. The molecular formula is C13H18FN. The van der Waals surface area contributed by atoms with Gasteiger partial charge in [-0.2, -0.15) is 0 Å². The second-order valence-corrected chi connectivity index (χ2v) is 4.39. The van der Waals surface area contributed by atoms with Crippen molar-refractivity contribution >= 4 is 0 Å². The Hall–Kier alpha value is -0.890. The van der Waals surface area contributed by atoms with Crippen molar-refractivity contribution in [2.45, 2.75) is 19.8 Å².